The van der Waals surface area contributed by atoms with Crippen LogP contribution in [0.5, 0.6) is 5.75 Å². The van der Waals surface area contributed by atoms with Gasteiger partial charge in [-0.1, -0.05) is 35.9 Å². The highest BCUT2D eigenvalue weighted by Crippen LogP contribution is 2.24. The van der Waals surface area contributed by atoms with Crippen molar-refractivity contribution in [2.45, 2.75) is 37.9 Å². The second-order valence-corrected chi connectivity index (χ2v) is 8.96. The van der Waals surface area contributed by atoms with Crippen molar-refractivity contribution in [3.63, 3.8) is 0 Å². The lowest BCUT2D eigenvalue weighted by Crippen LogP contribution is -2.31. The van der Waals surface area contributed by atoms with Crippen LogP contribution in [-0.4, -0.2) is 52.2 Å². The van der Waals surface area contributed by atoms with Crippen molar-refractivity contribution < 1.29 is 4.74 Å². The zero-order valence-corrected chi connectivity index (χ0v) is 19.2. The molecule has 4 rings (SSSR count). The minimum absolute atomic E-state index is 0.597. The Morgan fingerprint density at radius 2 is 1.71 bits per heavy atom. The molecule has 164 valence electrons. The first kappa shape index (κ1) is 21.7. The van der Waals surface area contributed by atoms with E-state index in [1.54, 1.807) is 18.9 Å². The van der Waals surface area contributed by atoms with Gasteiger partial charge in [-0.3, -0.25) is 4.57 Å². The number of hydrogen-bond acceptors (Lipinski definition) is 6. The van der Waals surface area contributed by atoms with Crippen LogP contribution in [0.15, 0.2) is 53.7 Å². The average molecular weight is 438 g/mol. The number of likely N-dealkylation sites (tertiary alicyclic amines) is 1. The second-order valence-electron chi connectivity index (χ2n) is 7.90. The molecule has 1 aliphatic rings. The predicted molar refractivity (Wildman–Crippen MR) is 127 cm³/mol. The van der Waals surface area contributed by atoms with Crippen molar-refractivity contribution in [1.29, 1.82) is 0 Å². The van der Waals surface area contributed by atoms with Gasteiger partial charge in [0.2, 0.25) is 0 Å². The van der Waals surface area contributed by atoms with Crippen molar-refractivity contribution in [2.24, 2.45) is 0 Å². The molecule has 1 aromatic heterocycles. The summed E-state index contributed by atoms with van der Waals surface area (Å²) in [5.74, 6) is 2.77. The third-order valence-corrected chi connectivity index (χ3v) is 6.53. The molecule has 2 heterocycles. The van der Waals surface area contributed by atoms with Crippen LogP contribution in [0.25, 0.3) is 5.69 Å². The monoisotopic (exact) mass is 437 g/mol. The summed E-state index contributed by atoms with van der Waals surface area (Å²) in [7, 11) is 1.68. The molecule has 0 saturated carbocycles. The number of hydrogen-bond donors (Lipinski definition) is 1. The first-order valence-corrected chi connectivity index (χ1v) is 12.0. The van der Waals surface area contributed by atoms with Gasteiger partial charge in [-0.05, 0) is 69.3 Å². The van der Waals surface area contributed by atoms with E-state index < -0.39 is 0 Å². The zero-order chi connectivity index (χ0) is 21.5. The first-order valence-electron chi connectivity index (χ1n) is 11.0. The zero-order valence-electron chi connectivity index (χ0n) is 18.4. The van der Waals surface area contributed by atoms with Gasteiger partial charge in [-0.25, -0.2) is 0 Å². The van der Waals surface area contributed by atoms with Crippen LogP contribution in [0.3, 0.4) is 0 Å². The summed E-state index contributed by atoms with van der Waals surface area (Å²) in [4.78, 5) is 2.56. The fourth-order valence-electron chi connectivity index (χ4n) is 3.80. The normalized spacial score (nSPS) is 14.5. The van der Waals surface area contributed by atoms with E-state index in [0.29, 0.717) is 6.54 Å². The van der Waals surface area contributed by atoms with Crippen molar-refractivity contribution >= 4 is 17.4 Å². The number of nitrogens with one attached hydrogen (secondary N) is 1. The molecule has 31 heavy (non-hydrogen) atoms. The molecule has 7 heteroatoms. The summed E-state index contributed by atoms with van der Waals surface area (Å²) < 4.78 is 7.42. The molecule has 3 aromatic rings. The Labute approximate surface area is 189 Å². The van der Waals surface area contributed by atoms with E-state index in [9.17, 15) is 0 Å². The average Bonchev–Trinajstić information content (AvgIpc) is 3.22. The van der Waals surface area contributed by atoms with Gasteiger partial charge < -0.3 is 15.0 Å². The largest absolute Gasteiger partial charge is 0.497 e. The molecule has 1 N–H and O–H groups in total. The Morgan fingerprint density at radius 1 is 0.968 bits per heavy atom. The molecule has 1 saturated heterocycles. The molecular weight excluding hydrogens is 406 g/mol. The fourth-order valence-corrected chi connectivity index (χ4v) is 4.77. The minimum Gasteiger partial charge on any atom is -0.497 e. The Balaban J connectivity index is 1.47. The van der Waals surface area contributed by atoms with Crippen LogP contribution < -0.4 is 10.1 Å². The highest BCUT2D eigenvalue weighted by atomic mass is 32.2. The number of aromatic nitrogens is 3. The molecule has 2 aromatic carbocycles. The number of rotatable bonds is 9. The van der Waals surface area contributed by atoms with Gasteiger partial charge in [0, 0.05) is 23.7 Å². The quantitative estimate of drug-likeness (QED) is 0.487. The lowest BCUT2D eigenvalue weighted by atomic mass is 10.1. The highest BCUT2D eigenvalue weighted by molar-refractivity contribution is 7.99. The van der Waals surface area contributed by atoms with E-state index in [1.807, 2.05) is 24.3 Å². The molecule has 6 nitrogen and oxygen atoms in total. The standard InChI is InChI=1S/C24H31N5OS/c1-19-6-10-21(11-7-19)29-23(18-25-20-8-12-22(30-2)13-9-20)26-27-24(29)31-17-16-28-14-4-3-5-15-28/h6-13,25H,3-5,14-18H2,1-2H3. The number of nitrogens with zero attached hydrogens (tertiary/aromatic N) is 4. The van der Waals surface area contributed by atoms with Crippen LogP contribution >= 0.6 is 11.8 Å². The van der Waals surface area contributed by atoms with Gasteiger partial charge >= 0.3 is 0 Å². The summed E-state index contributed by atoms with van der Waals surface area (Å²) in [5.41, 5.74) is 3.37. The maximum Gasteiger partial charge on any atom is 0.195 e. The summed E-state index contributed by atoms with van der Waals surface area (Å²) in [6.07, 6.45) is 4.02. The van der Waals surface area contributed by atoms with E-state index in [1.165, 1.54) is 37.9 Å². The van der Waals surface area contributed by atoms with Gasteiger partial charge in [-0.2, -0.15) is 0 Å². The summed E-state index contributed by atoms with van der Waals surface area (Å²) in [6.45, 7) is 6.26. The summed E-state index contributed by atoms with van der Waals surface area (Å²) >= 11 is 1.79. The number of piperidine rings is 1. The number of methoxy groups -OCH3 is 1. The number of benzene rings is 2. The number of aryl methyl sites for hydroxylation is 1. The van der Waals surface area contributed by atoms with Crippen molar-refractivity contribution in [1.82, 2.24) is 19.7 Å². The van der Waals surface area contributed by atoms with Gasteiger partial charge in [-0.15, -0.1) is 10.2 Å². The Hall–Kier alpha value is -2.51. The van der Waals surface area contributed by atoms with E-state index >= 15 is 0 Å². The van der Waals surface area contributed by atoms with Gasteiger partial charge in [0.1, 0.15) is 5.75 Å². The summed E-state index contributed by atoms with van der Waals surface area (Å²) in [5, 5.41) is 13.5. The van der Waals surface area contributed by atoms with Gasteiger partial charge in [0.15, 0.2) is 11.0 Å². The summed E-state index contributed by atoms with van der Waals surface area (Å²) in [6, 6.07) is 16.5. The topological polar surface area (TPSA) is 55.2 Å². The van der Waals surface area contributed by atoms with Crippen LogP contribution in [0.2, 0.25) is 0 Å². The molecule has 0 bridgehead atoms. The van der Waals surface area contributed by atoms with E-state index in [-0.39, 0.29) is 0 Å². The molecule has 0 radical (unpaired) electrons. The lowest BCUT2D eigenvalue weighted by molar-refractivity contribution is 0.242. The Kier molecular flexibility index (Phi) is 7.48. The minimum atomic E-state index is 0.597. The Bertz CT molecular complexity index is 949. The van der Waals surface area contributed by atoms with Crippen LogP contribution in [0, 0.1) is 6.92 Å². The molecule has 0 aliphatic carbocycles. The molecule has 1 fully saturated rings. The predicted octanol–water partition coefficient (Wildman–Crippen LogP) is 4.77. The smallest absolute Gasteiger partial charge is 0.195 e. The molecule has 1 aliphatic heterocycles. The maximum atomic E-state index is 5.24. The van der Waals surface area contributed by atoms with Crippen molar-refractivity contribution in [3.05, 3.63) is 59.9 Å². The van der Waals surface area contributed by atoms with Crippen LogP contribution in [0.4, 0.5) is 5.69 Å². The highest BCUT2D eigenvalue weighted by Gasteiger charge is 2.16. The molecule has 0 atom stereocenters. The maximum absolute atomic E-state index is 5.24. The number of thioether (sulfide) groups is 1. The van der Waals surface area contributed by atoms with E-state index in [2.05, 4.69) is 56.2 Å². The second kappa shape index (κ2) is 10.7. The number of anilines is 1. The molecule has 0 spiro atoms. The van der Waals surface area contributed by atoms with Crippen molar-refractivity contribution in [2.75, 3.05) is 37.8 Å². The van der Waals surface area contributed by atoms with E-state index in [4.69, 9.17) is 4.74 Å². The van der Waals surface area contributed by atoms with Crippen LogP contribution in [0.1, 0.15) is 30.7 Å². The first-order chi connectivity index (χ1) is 15.2. The van der Waals surface area contributed by atoms with Gasteiger partial charge in [0.05, 0.1) is 13.7 Å². The van der Waals surface area contributed by atoms with E-state index in [0.717, 1.165) is 40.4 Å². The van der Waals surface area contributed by atoms with Crippen LogP contribution in [-0.2, 0) is 6.54 Å². The SMILES string of the molecule is COc1ccc(NCc2nnc(SCCN3CCCCC3)n2-c2ccc(C)cc2)cc1. The molecular formula is C24H31N5OS. The lowest BCUT2D eigenvalue weighted by Gasteiger charge is -2.25. The molecule has 0 unspecified atom stereocenters. The third-order valence-electron chi connectivity index (χ3n) is 5.62. The third kappa shape index (κ3) is 5.80. The molecule has 0 amide bonds. The number of ether oxygens (including phenoxy) is 1. The Morgan fingerprint density at radius 3 is 2.42 bits per heavy atom. The van der Waals surface area contributed by atoms with Crippen molar-refractivity contribution in [3.8, 4) is 11.4 Å². The van der Waals surface area contributed by atoms with Gasteiger partial charge in [0.25, 0.3) is 0 Å². The fraction of sp³-hybridized carbons (Fsp3) is 0.417.